The number of aromatic amines is 1. The number of hydrogen-bond donors (Lipinski definition) is 3. The van der Waals surface area contributed by atoms with Crippen molar-refractivity contribution in [2.45, 2.75) is 25.2 Å². The average Bonchev–Trinajstić information content (AvgIpc) is 3.02. The maximum Gasteiger partial charge on any atom is 0.416 e. The predicted molar refractivity (Wildman–Crippen MR) is 93.3 cm³/mol. The SMILES string of the molecule is NC(Cc1c[nH]c2ccccc12)C(=O)NCc1ccccc1C(F)(F)F. The van der Waals surface area contributed by atoms with Crippen LogP contribution < -0.4 is 11.1 Å². The van der Waals surface area contributed by atoms with Crippen LogP contribution in [0.25, 0.3) is 10.9 Å². The molecule has 1 heterocycles. The largest absolute Gasteiger partial charge is 0.416 e. The maximum absolute atomic E-state index is 13.0. The number of nitrogens with two attached hydrogens (primary N) is 1. The van der Waals surface area contributed by atoms with Gasteiger partial charge in [0.2, 0.25) is 5.91 Å². The van der Waals surface area contributed by atoms with Gasteiger partial charge in [-0.15, -0.1) is 0 Å². The second-order valence-corrected chi connectivity index (χ2v) is 6.04. The third kappa shape index (κ3) is 3.88. The van der Waals surface area contributed by atoms with Crippen molar-refractivity contribution in [3.05, 3.63) is 71.4 Å². The summed E-state index contributed by atoms with van der Waals surface area (Å²) in [5, 5.41) is 3.47. The van der Waals surface area contributed by atoms with E-state index in [4.69, 9.17) is 5.73 Å². The van der Waals surface area contributed by atoms with E-state index in [0.717, 1.165) is 22.5 Å². The van der Waals surface area contributed by atoms with Crippen LogP contribution in [0.3, 0.4) is 0 Å². The van der Waals surface area contributed by atoms with E-state index in [1.807, 2.05) is 24.3 Å². The highest BCUT2D eigenvalue weighted by molar-refractivity contribution is 5.86. The van der Waals surface area contributed by atoms with Crippen LogP contribution in [0, 0.1) is 0 Å². The van der Waals surface area contributed by atoms with Crippen LogP contribution in [0.2, 0.25) is 0 Å². The monoisotopic (exact) mass is 361 g/mol. The Bertz CT molecular complexity index is 918. The number of benzene rings is 2. The summed E-state index contributed by atoms with van der Waals surface area (Å²) < 4.78 is 39.0. The molecule has 0 aliphatic rings. The summed E-state index contributed by atoms with van der Waals surface area (Å²) in [4.78, 5) is 15.3. The van der Waals surface area contributed by atoms with Gasteiger partial charge in [-0.25, -0.2) is 0 Å². The Kier molecular flexibility index (Phi) is 4.99. The number of carbonyl (C=O) groups excluding carboxylic acids is 1. The molecule has 0 spiro atoms. The molecule has 2 aromatic carbocycles. The van der Waals surface area contributed by atoms with Crippen molar-refractivity contribution >= 4 is 16.8 Å². The van der Waals surface area contributed by atoms with Gasteiger partial charge >= 0.3 is 6.18 Å². The van der Waals surface area contributed by atoms with Gasteiger partial charge in [0.25, 0.3) is 0 Å². The third-order valence-electron chi connectivity index (χ3n) is 4.23. The van der Waals surface area contributed by atoms with Crippen LogP contribution in [-0.4, -0.2) is 16.9 Å². The second kappa shape index (κ2) is 7.21. The molecule has 0 saturated heterocycles. The number of fused-ring (bicyclic) bond motifs is 1. The van der Waals surface area contributed by atoms with Gasteiger partial charge in [-0.1, -0.05) is 36.4 Å². The standard InChI is InChI=1S/C19H18F3N3O/c20-19(21,22)15-7-3-1-5-12(15)10-25-18(26)16(23)9-13-11-24-17-8-4-2-6-14(13)17/h1-8,11,16,24H,9-10,23H2,(H,25,26). The Morgan fingerprint density at radius 1 is 1.08 bits per heavy atom. The van der Waals surface area contributed by atoms with Crippen molar-refractivity contribution in [2.24, 2.45) is 5.73 Å². The van der Waals surface area contributed by atoms with Gasteiger partial charge in [0.1, 0.15) is 0 Å². The lowest BCUT2D eigenvalue weighted by Gasteiger charge is -2.15. The number of rotatable bonds is 5. The normalized spacial score (nSPS) is 12.9. The van der Waals surface area contributed by atoms with E-state index in [-0.39, 0.29) is 18.5 Å². The zero-order chi connectivity index (χ0) is 18.7. The molecule has 0 aliphatic heterocycles. The first-order valence-electron chi connectivity index (χ1n) is 8.09. The van der Waals surface area contributed by atoms with Crippen molar-refractivity contribution < 1.29 is 18.0 Å². The van der Waals surface area contributed by atoms with Crippen LogP contribution in [0.5, 0.6) is 0 Å². The number of halogens is 3. The molecule has 136 valence electrons. The molecule has 4 nitrogen and oxygen atoms in total. The van der Waals surface area contributed by atoms with Crippen molar-refractivity contribution in [1.29, 1.82) is 0 Å². The summed E-state index contributed by atoms with van der Waals surface area (Å²) in [7, 11) is 0. The number of para-hydroxylation sites is 1. The Hall–Kier alpha value is -2.80. The van der Waals surface area contributed by atoms with Crippen LogP contribution in [0.4, 0.5) is 13.2 Å². The Balaban J connectivity index is 1.65. The number of amides is 1. The first-order valence-corrected chi connectivity index (χ1v) is 8.09. The van der Waals surface area contributed by atoms with Crippen LogP contribution in [0.1, 0.15) is 16.7 Å². The maximum atomic E-state index is 13.0. The van der Waals surface area contributed by atoms with E-state index in [9.17, 15) is 18.0 Å². The topological polar surface area (TPSA) is 70.9 Å². The molecular weight excluding hydrogens is 343 g/mol. The van der Waals surface area contributed by atoms with Gasteiger partial charge < -0.3 is 16.0 Å². The average molecular weight is 361 g/mol. The molecule has 7 heteroatoms. The molecule has 1 unspecified atom stereocenters. The fourth-order valence-electron chi connectivity index (χ4n) is 2.89. The molecule has 0 saturated carbocycles. The Morgan fingerprint density at radius 2 is 1.77 bits per heavy atom. The lowest BCUT2D eigenvalue weighted by Crippen LogP contribution is -2.41. The number of aromatic nitrogens is 1. The first-order chi connectivity index (χ1) is 12.4. The molecule has 4 N–H and O–H groups in total. The molecule has 0 fully saturated rings. The quantitative estimate of drug-likeness (QED) is 0.652. The second-order valence-electron chi connectivity index (χ2n) is 6.04. The summed E-state index contributed by atoms with van der Waals surface area (Å²) in [5.41, 5.74) is 7.01. The van der Waals surface area contributed by atoms with Crippen molar-refractivity contribution in [3.8, 4) is 0 Å². The van der Waals surface area contributed by atoms with Gasteiger partial charge in [-0.05, 0) is 29.7 Å². The highest BCUT2D eigenvalue weighted by atomic mass is 19.4. The van der Waals surface area contributed by atoms with Crippen molar-refractivity contribution in [3.63, 3.8) is 0 Å². The van der Waals surface area contributed by atoms with Crippen LogP contribution in [-0.2, 0) is 23.9 Å². The van der Waals surface area contributed by atoms with Crippen molar-refractivity contribution in [2.75, 3.05) is 0 Å². The molecule has 1 aromatic heterocycles. The first kappa shape index (κ1) is 18.0. The fraction of sp³-hybridized carbons (Fsp3) is 0.211. The van der Waals surface area contributed by atoms with E-state index in [1.165, 1.54) is 18.2 Å². The molecule has 3 rings (SSSR count). The van der Waals surface area contributed by atoms with Crippen LogP contribution >= 0.6 is 0 Å². The lowest BCUT2D eigenvalue weighted by molar-refractivity contribution is -0.138. The van der Waals surface area contributed by atoms with E-state index < -0.39 is 23.7 Å². The van der Waals surface area contributed by atoms with Crippen LogP contribution in [0.15, 0.2) is 54.7 Å². The molecule has 3 aromatic rings. The zero-order valence-electron chi connectivity index (χ0n) is 13.8. The number of H-pyrrole nitrogens is 1. The third-order valence-corrected chi connectivity index (χ3v) is 4.23. The number of alkyl halides is 3. The predicted octanol–water partition coefficient (Wildman–Crippen LogP) is 3.37. The van der Waals surface area contributed by atoms with Gasteiger partial charge in [-0.3, -0.25) is 4.79 Å². The molecule has 0 aliphatic carbocycles. The van der Waals surface area contributed by atoms with E-state index in [2.05, 4.69) is 10.3 Å². The van der Waals surface area contributed by atoms with E-state index in [0.29, 0.717) is 0 Å². The zero-order valence-corrected chi connectivity index (χ0v) is 13.8. The fourth-order valence-corrected chi connectivity index (χ4v) is 2.89. The summed E-state index contributed by atoms with van der Waals surface area (Å²) in [6, 6.07) is 11.9. The summed E-state index contributed by atoms with van der Waals surface area (Å²) in [6.45, 7) is -0.226. The number of hydrogen-bond acceptors (Lipinski definition) is 2. The molecule has 1 atom stereocenters. The van der Waals surface area contributed by atoms with E-state index in [1.54, 1.807) is 6.20 Å². The minimum absolute atomic E-state index is 0.00708. The lowest BCUT2D eigenvalue weighted by atomic mass is 10.0. The Morgan fingerprint density at radius 3 is 2.54 bits per heavy atom. The summed E-state index contributed by atoms with van der Waals surface area (Å²) >= 11 is 0. The minimum atomic E-state index is -4.46. The van der Waals surface area contributed by atoms with Gasteiger partial charge in [0.05, 0.1) is 11.6 Å². The summed E-state index contributed by atoms with van der Waals surface area (Å²) in [5.74, 6) is -0.493. The minimum Gasteiger partial charge on any atom is -0.361 e. The molecule has 1 amide bonds. The van der Waals surface area contributed by atoms with Gasteiger partial charge in [0, 0.05) is 23.6 Å². The molecule has 26 heavy (non-hydrogen) atoms. The number of nitrogens with one attached hydrogen (secondary N) is 2. The van der Waals surface area contributed by atoms with E-state index >= 15 is 0 Å². The van der Waals surface area contributed by atoms with Crippen molar-refractivity contribution in [1.82, 2.24) is 10.3 Å². The number of carbonyl (C=O) groups is 1. The molecule has 0 bridgehead atoms. The van der Waals surface area contributed by atoms with Gasteiger partial charge in [-0.2, -0.15) is 13.2 Å². The highest BCUT2D eigenvalue weighted by Gasteiger charge is 2.32. The smallest absolute Gasteiger partial charge is 0.361 e. The highest BCUT2D eigenvalue weighted by Crippen LogP contribution is 2.31. The summed E-state index contributed by atoms with van der Waals surface area (Å²) in [6.07, 6.45) is -2.39. The molecular formula is C19H18F3N3O. The van der Waals surface area contributed by atoms with Gasteiger partial charge in [0.15, 0.2) is 0 Å². The Labute approximate surface area is 148 Å². The molecule has 0 radical (unpaired) electrons.